The van der Waals surface area contributed by atoms with Gasteiger partial charge in [0.15, 0.2) is 5.82 Å². The van der Waals surface area contributed by atoms with Gasteiger partial charge < -0.3 is 14.3 Å². The molecule has 0 saturated carbocycles. The number of oxazole rings is 1. The van der Waals surface area contributed by atoms with Crippen LogP contribution in [-0.2, 0) is 0 Å². The molecule has 5 nitrogen and oxygen atoms in total. The van der Waals surface area contributed by atoms with Gasteiger partial charge in [-0.1, -0.05) is 18.2 Å². The van der Waals surface area contributed by atoms with Crippen LogP contribution in [0.15, 0.2) is 53.4 Å². The molecule has 120 valence electrons. The number of hydrogen-bond acceptors (Lipinski definition) is 4. The van der Waals surface area contributed by atoms with Gasteiger partial charge in [0.25, 0.3) is 0 Å². The molecule has 1 atom stereocenters. The summed E-state index contributed by atoms with van der Waals surface area (Å²) in [4.78, 5) is 9.09. The van der Waals surface area contributed by atoms with Crippen molar-refractivity contribution in [1.82, 2.24) is 19.9 Å². The van der Waals surface area contributed by atoms with Gasteiger partial charge in [0, 0.05) is 30.5 Å². The van der Waals surface area contributed by atoms with Crippen molar-refractivity contribution in [3.63, 3.8) is 0 Å². The average Bonchev–Trinajstić information content (AvgIpc) is 3.25. The second-order valence-corrected chi connectivity index (χ2v) is 5.56. The van der Waals surface area contributed by atoms with E-state index in [4.69, 9.17) is 4.42 Å². The minimum atomic E-state index is 0. The molecule has 0 unspecified atom stereocenters. The molecule has 1 aliphatic rings. The molecule has 4 rings (SSSR count). The minimum absolute atomic E-state index is 0. The molecule has 1 fully saturated rings. The van der Waals surface area contributed by atoms with E-state index in [1.54, 1.807) is 6.26 Å². The maximum Gasteiger partial charge on any atom is 0.226 e. The number of piperidine rings is 1. The van der Waals surface area contributed by atoms with E-state index in [0.29, 0.717) is 11.9 Å². The molecule has 0 radical (unpaired) electrons. The number of nitrogens with one attached hydrogen (secondary N) is 1. The molecule has 2 aromatic heterocycles. The van der Waals surface area contributed by atoms with Crippen LogP contribution in [0.25, 0.3) is 23.0 Å². The summed E-state index contributed by atoms with van der Waals surface area (Å²) >= 11 is 0. The quantitative estimate of drug-likeness (QED) is 0.798. The van der Waals surface area contributed by atoms with Gasteiger partial charge in [-0.05, 0) is 31.5 Å². The topological polar surface area (TPSA) is 55.9 Å². The maximum absolute atomic E-state index is 5.64. The average molecular weight is 331 g/mol. The second-order valence-electron chi connectivity index (χ2n) is 5.56. The molecule has 1 aromatic carbocycles. The van der Waals surface area contributed by atoms with Crippen molar-refractivity contribution in [3.8, 4) is 23.0 Å². The zero-order chi connectivity index (χ0) is 14.8. The van der Waals surface area contributed by atoms with Crippen molar-refractivity contribution in [2.24, 2.45) is 0 Å². The number of nitrogens with zero attached hydrogens (tertiary/aromatic N) is 3. The van der Waals surface area contributed by atoms with Gasteiger partial charge in [0.05, 0.1) is 0 Å². The van der Waals surface area contributed by atoms with Crippen LogP contribution in [0.2, 0.25) is 0 Å². The fraction of sp³-hybridized carbons (Fsp3) is 0.294. The van der Waals surface area contributed by atoms with Crippen LogP contribution in [0.1, 0.15) is 18.9 Å². The Hall–Kier alpha value is -2.11. The van der Waals surface area contributed by atoms with E-state index in [-0.39, 0.29) is 12.4 Å². The molecule has 23 heavy (non-hydrogen) atoms. The third-order valence-electron chi connectivity index (χ3n) is 4.09. The van der Waals surface area contributed by atoms with Gasteiger partial charge >= 0.3 is 0 Å². The number of benzene rings is 1. The standard InChI is InChI=1S/C17H18N4O.ClH/c1-2-5-13(6-3-1)17-20-15(12-22-17)16-19-9-10-21(16)14-7-4-8-18-11-14;/h1-3,5-6,9-10,12,14,18H,4,7-8,11H2;1H/t14-;/m1./s1. The molecule has 1 aliphatic heterocycles. The van der Waals surface area contributed by atoms with E-state index >= 15 is 0 Å². The number of aromatic nitrogens is 3. The fourth-order valence-corrected chi connectivity index (χ4v) is 2.97. The van der Waals surface area contributed by atoms with Crippen molar-refractivity contribution in [2.75, 3.05) is 13.1 Å². The smallest absolute Gasteiger partial charge is 0.226 e. The first kappa shape index (κ1) is 15.8. The lowest BCUT2D eigenvalue weighted by molar-refractivity contribution is 0.373. The molecule has 1 saturated heterocycles. The zero-order valence-electron chi connectivity index (χ0n) is 12.7. The van der Waals surface area contributed by atoms with E-state index in [1.807, 2.05) is 42.7 Å². The fourth-order valence-electron chi connectivity index (χ4n) is 2.97. The van der Waals surface area contributed by atoms with E-state index in [2.05, 4.69) is 19.9 Å². The highest BCUT2D eigenvalue weighted by molar-refractivity contribution is 5.85. The molecule has 0 bridgehead atoms. The summed E-state index contributed by atoms with van der Waals surface area (Å²) in [6.45, 7) is 2.08. The largest absolute Gasteiger partial charge is 0.444 e. The summed E-state index contributed by atoms with van der Waals surface area (Å²) in [5.74, 6) is 1.51. The van der Waals surface area contributed by atoms with Crippen molar-refractivity contribution in [3.05, 3.63) is 49.0 Å². The Kier molecular flexibility index (Phi) is 4.79. The van der Waals surface area contributed by atoms with E-state index in [0.717, 1.165) is 30.2 Å². The normalized spacial score (nSPS) is 17.7. The van der Waals surface area contributed by atoms with Crippen LogP contribution in [0.4, 0.5) is 0 Å². The van der Waals surface area contributed by atoms with Crippen molar-refractivity contribution >= 4 is 12.4 Å². The first-order valence-corrected chi connectivity index (χ1v) is 7.67. The van der Waals surface area contributed by atoms with Crippen LogP contribution in [0.3, 0.4) is 0 Å². The Balaban J connectivity index is 0.00000156. The summed E-state index contributed by atoms with van der Waals surface area (Å²) in [7, 11) is 0. The van der Waals surface area contributed by atoms with E-state index < -0.39 is 0 Å². The van der Waals surface area contributed by atoms with Gasteiger partial charge in [-0.15, -0.1) is 12.4 Å². The number of rotatable bonds is 3. The predicted octanol–water partition coefficient (Wildman–Crippen LogP) is 3.55. The molecule has 3 heterocycles. The molecule has 1 N–H and O–H groups in total. The van der Waals surface area contributed by atoms with Crippen molar-refractivity contribution < 1.29 is 4.42 Å². The van der Waals surface area contributed by atoms with Crippen molar-refractivity contribution in [2.45, 2.75) is 18.9 Å². The second kappa shape index (κ2) is 6.98. The van der Waals surface area contributed by atoms with Crippen LogP contribution < -0.4 is 5.32 Å². The number of halogens is 1. The molecule has 6 heteroatoms. The van der Waals surface area contributed by atoms with E-state index in [1.165, 1.54) is 12.8 Å². The maximum atomic E-state index is 5.64. The Morgan fingerprint density at radius 3 is 2.87 bits per heavy atom. The summed E-state index contributed by atoms with van der Waals surface area (Å²) in [5, 5.41) is 3.44. The lowest BCUT2D eigenvalue weighted by atomic mass is 10.1. The molecular formula is C17H19ClN4O. The van der Waals surface area contributed by atoms with Gasteiger partial charge in [-0.2, -0.15) is 0 Å². The lowest BCUT2D eigenvalue weighted by Gasteiger charge is -2.25. The molecule has 0 spiro atoms. The predicted molar refractivity (Wildman–Crippen MR) is 91.5 cm³/mol. The van der Waals surface area contributed by atoms with Crippen molar-refractivity contribution in [1.29, 1.82) is 0 Å². The highest BCUT2D eigenvalue weighted by Gasteiger charge is 2.20. The number of imidazole rings is 1. The van der Waals surface area contributed by atoms with E-state index in [9.17, 15) is 0 Å². The summed E-state index contributed by atoms with van der Waals surface area (Å²) in [6.07, 6.45) is 7.91. The molecular weight excluding hydrogens is 312 g/mol. The summed E-state index contributed by atoms with van der Waals surface area (Å²) < 4.78 is 7.84. The van der Waals surface area contributed by atoms with Crippen LogP contribution in [0.5, 0.6) is 0 Å². The SMILES string of the molecule is Cl.c1ccc(-c2nc(-c3nccn3[C@@H]3CCCNC3)co2)cc1. The highest BCUT2D eigenvalue weighted by atomic mass is 35.5. The molecule has 0 aliphatic carbocycles. The molecule has 0 amide bonds. The van der Waals surface area contributed by atoms with Gasteiger partial charge in [0.2, 0.25) is 5.89 Å². The first-order chi connectivity index (χ1) is 10.9. The summed E-state index contributed by atoms with van der Waals surface area (Å²) in [5.41, 5.74) is 1.76. The Morgan fingerprint density at radius 2 is 2.09 bits per heavy atom. The summed E-state index contributed by atoms with van der Waals surface area (Å²) in [6, 6.07) is 10.4. The van der Waals surface area contributed by atoms with Gasteiger partial charge in [-0.25, -0.2) is 9.97 Å². The Morgan fingerprint density at radius 1 is 1.22 bits per heavy atom. The van der Waals surface area contributed by atoms with Crippen LogP contribution in [-0.4, -0.2) is 27.6 Å². The third kappa shape index (κ3) is 3.16. The monoisotopic (exact) mass is 330 g/mol. The lowest BCUT2D eigenvalue weighted by Crippen LogP contribution is -2.31. The first-order valence-electron chi connectivity index (χ1n) is 7.67. The molecule has 3 aromatic rings. The Bertz CT molecular complexity index is 747. The van der Waals surface area contributed by atoms with Gasteiger partial charge in [0.1, 0.15) is 12.0 Å². The van der Waals surface area contributed by atoms with Crippen LogP contribution >= 0.6 is 12.4 Å². The zero-order valence-corrected chi connectivity index (χ0v) is 13.5. The van der Waals surface area contributed by atoms with Crippen LogP contribution in [0, 0.1) is 0 Å². The van der Waals surface area contributed by atoms with Gasteiger partial charge in [-0.3, -0.25) is 0 Å². The minimum Gasteiger partial charge on any atom is -0.444 e. The number of hydrogen-bond donors (Lipinski definition) is 1. The Labute approximate surface area is 141 Å². The third-order valence-corrected chi connectivity index (χ3v) is 4.09. The highest BCUT2D eigenvalue weighted by Crippen LogP contribution is 2.27.